The van der Waals surface area contributed by atoms with Crippen molar-refractivity contribution in [2.75, 3.05) is 50.6 Å². The average Bonchev–Trinajstić information content (AvgIpc) is 2.34. The average molecular weight is 265 g/mol. The van der Waals surface area contributed by atoms with Crippen LogP contribution in [0.2, 0.25) is 0 Å². The molecule has 0 aliphatic heterocycles. The Hall–Kier alpha value is -1.36. The van der Waals surface area contributed by atoms with Crippen molar-refractivity contribution >= 4 is 11.6 Å². The summed E-state index contributed by atoms with van der Waals surface area (Å²) >= 11 is 0. The molecule has 0 amide bonds. The topological polar surface area (TPSA) is 44.3 Å². The molecule has 1 aromatic rings. The van der Waals surface area contributed by atoms with Crippen LogP contribution in [0.4, 0.5) is 11.6 Å². The molecule has 0 atom stereocenters. The molecule has 5 nitrogen and oxygen atoms in total. The third kappa shape index (κ3) is 5.42. The van der Waals surface area contributed by atoms with E-state index in [-0.39, 0.29) is 5.41 Å². The quantitative estimate of drug-likeness (QED) is 0.846. The summed E-state index contributed by atoms with van der Waals surface area (Å²) < 4.78 is 0. The second kappa shape index (κ2) is 6.70. The molecule has 1 heterocycles. The maximum atomic E-state index is 4.36. The van der Waals surface area contributed by atoms with Crippen molar-refractivity contribution in [2.45, 2.75) is 20.8 Å². The standard InChI is InChI=1S/C14H27N5/c1-14(2,3)10-19(6)13-9-12(16-11-17-13)18(5)8-7-15-4/h9,11,15H,7-8,10H2,1-6H3. The number of likely N-dealkylation sites (N-methyl/N-ethyl adjacent to an activating group) is 2. The van der Waals surface area contributed by atoms with Crippen LogP contribution in [0.1, 0.15) is 20.8 Å². The molecule has 0 aliphatic rings. The highest BCUT2D eigenvalue weighted by Crippen LogP contribution is 2.20. The van der Waals surface area contributed by atoms with E-state index in [0.29, 0.717) is 0 Å². The lowest BCUT2D eigenvalue weighted by molar-refractivity contribution is 0.417. The maximum Gasteiger partial charge on any atom is 0.133 e. The van der Waals surface area contributed by atoms with Gasteiger partial charge in [0, 0.05) is 39.8 Å². The summed E-state index contributed by atoms with van der Waals surface area (Å²) in [6.07, 6.45) is 1.64. The van der Waals surface area contributed by atoms with E-state index in [4.69, 9.17) is 0 Å². The lowest BCUT2D eigenvalue weighted by Crippen LogP contribution is -2.31. The number of hydrogen-bond donors (Lipinski definition) is 1. The fourth-order valence-corrected chi connectivity index (χ4v) is 1.94. The van der Waals surface area contributed by atoms with Gasteiger partial charge >= 0.3 is 0 Å². The molecule has 19 heavy (non-hydrogen) atoms. The second-order valence-electron chi connectivity index (χ2n) is 6.18. The molecular weight excluding hydrogens is 238 g/mol. The largest absolute Gasteiger partial charge is 0.359 e. The minimum atomic E-state index is 0.248. The Bertz CT molecular complexity index is 386. The first-order valence-corrected chi connectivity index (χ1v) is 6.72. The van der Waals surface area contributed by atoms with E-state index >= 15 is 0 Å². The van der Waals surface area contributed by atoms with E-state index in [1.54, 1.807) is 6.33 Å². The summed E-state index contributed by atoms with van der Waals surface area (Å²) in [6, 6.07) is 2.04. The zero-order chi connectivity index (χ0) is 14.5. The zero-order valence-corrected chi connectivity index (χ0v) is 13.1. The fraction of sp³-hybridized carbons (Fsp3) is 0.714. The third-order valence-corrected chi connectivity index (χ3v) is 2.83. The van der Waals surface area contributed by atoms with Crippen LogP contribution in [0.15, 0.2) is 12.4 Å². The molecular formula is C14H27N5. The van der Waals surface area contributed by atoms with Gasteiger partial charge in [0.1, 0.15) is 18.0 Å². The van der Waals surface area contributed by atoms with E-state index in [1.165, 1.54) is 0 Å². The highest BCUT2D eigenvalue weighted by Gasteiger charge is 2.15. The molecule has 0 bridgehead atoms. The summed E-state index contributed by atoms with van der Waals surface area (Å²) in [6.45, 7) is 9.51. The molecule has 0 unspecified atom stereocenters. The van der Waals surface area contributed by atoms with Crippen LogP contribution in [0, 0.1) is 5.41 Å². The van der Waals surface area contributed by atoms with Gasteiger partial charge in [-0.05, 0) is 12.5 Å². The molecule has 1 aromatic heterocycles. The molecule has 0 saturated carbocycles. The Morgan fingerprint density at radius 3 is 2.21 bits per heavy atom. The van der Waals surface area contributed by atoms with Gasteiger partial charge in [0.05, 0.1) is 0 Å². The molecule has 5 heteroatoms. The SMILES string of the molecule is CNCCN(C)c1cc(N(C)CC(C)(C)C)ncn1. The minimum Gasteiger partial charge on any atom is -0.359 e. The molecule has 0 fully saturated rings. The Morgan fingerprint density at radius 1 is 1.11 bits per heavy atom. The van der Waals surface area contributed by atoms with Crippen molar-refractivity contribution < 1.29 is 0 Å². The van der Waals surface area contributed by atoms with Gasteiger partial charge in [-0.1, -0.05) is 20.8 Å². The Morgan fingerprint density at radius 2 is 1.68 bits per heavy atom. The minimum absolute atomic E-state index is 0.248. The van der Waals surface area contributed by atoms with Gasteiger partial charge in [0.25, 0.3) is 0 Å². The summed E-state index contributed by atoms with van der Waals surface area (Å²) in [4.78, 5) is 13.0. The molecule has 0 radical (unpaired) electrons. The number of nitrogens with zero attached hydrogens (tertiary/aromatic N) is 4. The van der Waals surface area contributed by atoms with Crippen LogP contribution in [0.3, 0.4) is 0 Å². The molecule has 1 rings (SSSR count). The van der Waals surface area contributed by atoms with Crippen LogP contribution < -0.4 is 15.1 Å². The van der Waals surface area contributed by atoms with Crippen LogP contribution in [0.5, 0.6) is 0 Å². The lowest BCUT2D eigenvalue weighted by atomic mass is 9.96. The molecule has 0 spiro atoms. The maximum absolute atomic E-state index is 4.36. The first kappa shape index (κ1) is 15.7. The highest BCUT2D eigenvalue weighted by molar-refractivity contribution is 5.49. The molecule has 108 valence electrons. The first-order chi connectivity index (χ1) is 8.83. The second-order valence-corrected chi connectivity index (χ2v) is 6.18. The van der Waals surface area contributed by atoms with Crippen molar-refractivity contribution in [3.05, 3.63) is 12.4 Å². The van der Waals surface area contributed by atoms with E-state index in [9.17, 15) is 0 Å². The van der Waals surface area contributed by atoms with Gasteiger partial charge in [0.15, 0.2) is 0 Å². The van der Waals surface area contributed by atoms with E-state index < -0.39 is 0 Å². The van der Waals surface area contributed by atoms with E-state index in [0.717, 1.165) is 31.3 Å². The van der Waals surface area contributed by atoms with Gasteiger partial charge in [-0.2, -0.15) is 0 Å². The first-order valence-electron chi connectivity index (χ1n) is 6.72. The summed E-state index contributed by atoms with van der Waals surface area (Å²) in [5, 5.41) is 3.14. The Kier molecular flexibility index (Phi) is 5.54. The van der Waals surface area contributed by atoms with Crippen LogP contribution in [-0.4, -0.2) is 50.7 Å². The monoisotopic (exact) mass is 265 g/mol. The van der Waals surface area contributed by atoms with Gasteiger partial charge < -0.3 is 15.1 Å². The van der Waals surface area contributed by atoms with Gasteiger partial charge in [-0.3, -0.25) is 0 Å². The number of hydrogen-bond acceptors (Lipinski definition) is 5. The smallest absolute Gasteiger partial charge is 0.133 e. The number of anilines is 2. The van der Waals surface area contributed by atoms with Crippen molar-refractivity contribution in [3.8, 4) is 0 Å². The summed E-state index contributed by atoms with van der Waals surface area (Å²) in [7, 11) is 6.08. The van der Waals surface area contributed by atoms with Crippen molar-refractivity contribution in [1.82, 2.24) is 15.3 Å². The van der Waals surface area contributed by atoms with Crippen molar-refractivity contribution in [3.63, 3.8) is 0 Å². The van der Waals surface area contributed by atoms with Crippen molar-refractivity contribution in [2.24, 2.45) is 5.41 Å². The number of aromatic nitrogens is 2. The lowest BCUT2D eigenvalue weighted by Gasteiger charge is -2.28. The summed E-state index contributed by atoms with van der Waals surface area (Å²) in [5.41, 5.74) is 0.248. The summed E-state index contributed by atoms with van der Waals surface area (Å²) in [5.74, 6) is 1.93. The van der Waals surface area contributed by atoms with E-state index in [2.05, 4.69) is 52.9 Å². The predicted octanol–water partition coefficient (Wildman–Crippen LogP) is 1.61. The van der Waals surface area contributed by atoms with E-state index in [1.807, 2.05) is 20.2 Å². The molecule has 0 saturated heterocycles. The number of nitrogens with one attached hydrogen (secondary N) is 1. The highest BCUT2D eigenvalue weighted by atomic mass is 15.2. The predicted molar refractivity (Wildman–Crippen MR) is 82.0 cm³/mol. The Labute approximate surface area is 117 Å². The fourth-order valence-electron chi connectivity index (χ4n) is 1.94. The van der Waals surface area contributed by atoms with Crippen molar-refractivity contribution in [1.29, 1.82) is 0 Å². The molecule has 1 N–H and O–H groups in total. The van der Waals surface area contributed by atoms with Crippen LogP contribution in [0.25, 0.3) is 0 Å². The normalized spacial score (nSPS) is 11.5. The van der Waals surface area contributed by atoms with Gasteiger partial charge in [0.2, 0.25) is 0 Å². The third-order valence-electron chi connectivity index (χ3n) is 2.83. The number of rotatable bonds is 6. The zero-order valence-electron chi connectivity index (χ0n) is 13.1. The van der Waals surface area contributed by atoms with Crippen LogP contribution >= 0.6 is 0 Å². The van der Waals surface area contributed by atoms with Gasteiger partial charge in [-0.15, -0.1) is 0 Å². The molecule has 0 aliphatic carbocycles. The molecule has 0 aromatic carbocycles. The van der Waals surface area contributed by atoms with Crippen LogP contribution in [-0.2, 0) is 0 Å². The Balaban J connectivity index is 2.76. The van der Waals surface area contributed by atoms with Gasteiger partial charge in [-0.25, -0.2) is 9.97 Å².